The highest BCUT2D eigenvalue weighted by atomic mass is 19.1. The van der Waals surface area contributed by atoms with E-state index in [-0.39, 0.29) is 6.61 Å². The van der Waals surface area contributed by atoms with E-state index in [1.165, 1.54) is 0 Å². The molecule has 0 aliphatic carbocycles. The molecule has 6 nitrogen and oxygen atoms in total. The van der Waals surface area contributed by atoms with Crippen LogP contribution in [0.15, 0.2) is 30.3 Å². The van der Waals surface area contributed by atoms with Crippen LogP contribution in [0.25, 0.3) is 0 Å². The summed E-state index contributed by atoms with van der Waals surface area (Å²) in [6.45, 7) is -0.362. The van der Waals surface area contributed by atoms with E-state index in [0.717, 1.165) is 5.56 Å². The number of hydrogen-bond donors (Lipinski definition) is 3. The van der Waals surface area contributed by atoms with E-state index in [1.807, 2.05) is 6.07 Å². The van der Waals surface area contributed by atoms with Crippen molar-refractivity contribution in [3.63, 3.8) is 0 Å². The molecule has 0 aliphatic rings. The highest BCUT2D eigenvalue weighted by molar-refractivity contribution is 5.72. The van der Waals surface area contributed by atoms with Crippen molar-refractivity contribution in [2.45, 2.75) is 25.3 Å². The average Bonchev–Trinajstić information content (AvgIpc) is 2.43. The predicted molar refractivity (Wildman–Crippen MR) is 67.8 cm³/mol. The van der Waals surface area contributed by atoms with Crippen LogP contribution in [-0.4, -0.2) is 41.1 Å². The Labute approximate surface area is 115 Å². The lowest BCUT2D eigenvalue weighted by atomic mass is 10.2. The normalized spacial score (nSPS) is 13.3. The van der Waals surface area contributed by atoms with Crippen molar-refractivity contribution in [2.24, 2.45) is 0 Å². The summed E-state index contributed by atoms with van der Waals surface area (Å²) < 4.78 is 18.1. The summed E-state index contributed by atoms with van der Waals surface area (Å²) in [6.07, 6.45) is -4.84. The molecule has 0 unspecified atom stereocenters. The van der Waals surface area contributed by atoms with Gasteiger partial charge in [0.2, 0.25) is 0 Å². The van der Waals surface area contributed by atoms with Gasteiger partial charge in [0.15, 0.2) is 6.10 Å². The van der Waals surface area contributed by atoms with Gasteiger partial charge in [-0.05, 0) is 5.56 Å². The van der Waals surface area contributed by atoms with Crippen LogP contribution in [0.2, 0.25) is 0 Å². The number of rotatable bonds is 7. The molecule has 1 amide bonds. The van der Waals surface area contributed by atoms with E-state index in [4.69, 9.17) is 14.9 Å². The van der Waals surface area contributed by atoms with E-state index in [1.54, 1.807) is 24.3 Å². The molecule has 0 aliphatic heterocycles. The molecule has 0 heterocycles. The van der Waals surface area contributed by atoms with Gasteiger partial charge in [-0.15, -0.1) is 0 Å². The largest absolute Gasteiger partial charge is 0.479 e. The van der Waals surface area contributed by atoms with E-state index >= 15 is 0 Å². The molecular formula is C13H16FNO5. The molecule has 0 spiro atoms. The molecule has 0 radical (unpaired) electrons. The Kier molecular flexibility index (Phi) is 6.45. The average molecular weight is 285 g/mol. The van der Waals surface area contributed by atoms with Crippen LogP contribution in [0, 0.1) is 0 Å². The van der Waals surface area contributed by atoms with Crippen LogP contribution in [0.5, 0.6) is 0 Å². The molecule has 0 aromatic heterocycles. The molecule has 7 heteroatoms. The smallest absolute Gasteiger partial charge is 0.407 e. The minimum atomic E-state index is -1.79. The van der Waals surface area contributed by atoms with Gasteiger partial charge in [0.1, 0.15) is 12.8 Å². The minimum Gasteiger partial charge on any atom is -0.479 e. The molecule has 2 atom stereocenters. The van der Waals surface area contributed by atoms with Crippen molar-refractivity contribution in [1.29, 1.82) is 0 Å². The maximum absolute atomic E-state index is 13.2. The summed E-state index contributed by atoms with van der Waals surface area (Å²) in [5, 5.41) is 19.5. The first-order chi connectivity index (χ1) is 9.49. The van der Waals surface area contributed by atoms with Crippen LogP contribution in [0.3, 0.4) is 0 Å². The number of aliphatic hydroxyl groups is 1. The number of ether oxygens (including phenoxy) is 1. The number of carbonyl (C=O) groups excluding carboxylic acids is 1. The number of hydrogen-bond acceptors (Lipinski definition) is 4. The number of nitrogens with one attached hydrogen (secondary N) is 1. The predicted octanol–water partition coefficient (Wildman–Crippen LogP) is 1.09. The number of aliphatic carboxylic acids is 1. The summed E-state index contributed by atoms with van der Waals surface area (Å²) in [6, 6.07) is 8.96. The second-order valence-corrected chi connectivity index (χ2v) is 4.13. The summed E-state index contributed by atoms with van der Waals surface area (Å²) in [7, 11) is 0. The Balaban J connectivity index is 2.21. The molecule has 0 fully saturated rings. The Morgan fingerprint density at radius 3 is 2.55 bits per heavy atom. The number of alkyl carbamates (subject to hydrolysis) is 1. The molecule has 3 N–H and O–H groups in total. The second-order valence-electron chi connectivity index (χ2n) is 4.13. The lowest BCUT2D eigenvalue weighted by Crippen LogP contribution is -2.34. The Hall–Kier alpha value is -2.15. The van der Waals surface area contributed by atoms with Gasteiger partial charge in [-0.3, -0.25) is 0 Å². The molecule has 1 aromatic carbocycles. The molecule has 110 valence electrons. The van der Waals surface area contributed by atoms with Crippen LogP contribution in [0.4, 0.5) is 9.18 Å². The summed E-state index contributed by atoms with van der Waals surface area (Å²) in [4.78, 5) is 21.6. The van der Waals surface area contributed by atoms with Crippen molar-refractivity contribution in [2.75, 3.05) is 6.54 Å². The van der Waals surface area contributed by atoms with Gasteiger partial charge < -0.3 is 20.3 Å². The van der Waals surface area contributed by atoms with Crippen LogP contribution in [-0.2, 0) is 16.1 Å². The van der Waals surface area contributed by atoms with Gasteiger partial charge in [-0.25, -0.2) is 14.0 Å². The fourth-order valence-electron chi connectivity index (χ4n) is 1.39. The standard InChI is InChI=1S/C13H16FNO5/c14-10(6-11(16)12(17)18)7-15-13(19)20-8-9-4-2-1-3-5-9/h1-5,10-11,16H,6-8H2,(H,15,19)(H,17,18)/t10-,11+/m1/s1. The summed E-state index contributed by atoms with van der Waals surface area (Å²) in [5.41, 5.74) is 0.792. The number of amides is 1. The van der Waals surface area contributed by atoms with Crippen molar-refractivity contribution in [3.8, 4) is 0 Å². The lowest BCUT2D eigenvalue weighted by molar-refractivity contribution is -0.147. The third-order valence-corrected chi connectivity index (χ3v) is 2.44. The molecular weight excluding hydrogens is 269 g/mol. The van der Waals surface area contributed by atoms with Crippen molar-refractivity contribution >= 4 is 12.1 Å². The number of carbonyl (C=O) groups is 2. The lowest BCUT2D eigenvalue weighted by Gasteiger charge is -2.12. The first kappa shape index (κ1) is 15.9. The van der Waals surface area contributed by atoms with Gasteiger partial charge in [0.25, 0.3) is 0 Å². The van der Waals surface area contributed by atoms with Crippen LogP contribution < -0.4 is 5.32 Å². The van der Waals surface area contributed by atoms with Crippen molar-refractivity contribution in [1.82, 2.24) is 5.32 Å². The number of benzene rings is 1. The monoisotopic (exact) mass is 285 g/mol. The number of alkyl halides is 1. The molecule has 1 aromatic rings. The number of aliphatic hydroxyl groups excluding tert-OH is 1. The molecule has 20 heavy (non-hydrogen) atoms. The SMILES string of the molecule is O=C(NC[C@H](F)C[C@H](O)C(=O)O)OCc1ccccc1. The second kappa shape index (κ2) is 8.11. The van der Waals surface area contributed by atoms with E-state index in [9.17, 15) is 14.0 Å². The van der Waals surface area contributed by atoms with Crippen molar-refractivity contribution in [3.05, 3.63) is 35.9 Å². The minimum absolute atomic E-state index is 0.0569. The highest BCUT2D eigenvalue weighted by Crippen LogP contribution is 2.03. The zero-order valence-corrected chi connectivity index (χ0v) is 10.7. The maximum Gasteiger partial charge on any atom is 0.407 e. The third kappa shape index (κ3) is 6.14. The molecule has 0 saturated carbocycles. The summed E-state index contributed by atoms with van der Waals surface area (Å²) >= 11 is 0. The van der Waals surface area contributed by atoms with E-state index in [2.05, 4.69) is 5.32 Å². The quantitative estimate of drug-likeness (QED) is 0.697. The molecule has 0 saturated heterocycles. The van der Waals surface area contributed by atoms with Gasteiger partial charge in [-0.2, -0.15) is 0 Å². The zero-order valence-electron chi connectivity index (χ0n) is 10.7. The highest BCUT2D eigenvalue weighted by Gasteiger charge is 2.20. The van der Waals surface area contributed by atoms with Gasteiger partial charge in [-0.1, -0.05) is 30.3 Å². The van der Waals surface area contributed by atoms with Crippen LogP contribution >= 0.6 is 0 Å². The Bertz CT molecular complexity index is 440. The number of carboxylic acid groups (broad SMARTS) is 1. The topological polar surface area (TPSA) is 95.9 Å². The van der Waals surface area contributed by atoms with E-state index in [0.29, 0.717) is 0 Å². The first-order valence-corrected chi connectivity index (χ1v) is 5.98. The van der Waals surface area contributed by atoms with Crippen LogP contribution in [0.1, 0.15) is 12.0 Å². The zero-order chi connectivity index (χ0) is 15.0. The maximum atomic E-state index is 13.2. The Morgan fingerprint density at radius 1 is 1.30 bits per heavy atom. The van der Waals surface area contributed by atoms with Gasteiger partial charge in [0.05, 0.1) is 6.54 Å². The number of halogens is 1. The number of carboxylic acids is 1. The van der Waals surface area contributed by atoms with Gasteiger partial charge in [0, 0.05) is 6.42 Å². The molecule has 1 rings (SSSR count). The third-order valence-electron chi connectivity index (χ3n) is 2.44. The van der Waals surface area contributed by atoms with E-state index < -0.39 is 37.3 Å². The molecule has 0 bridgehead atoms. The fraction of sp³-hybridized carbons (Fsp3) is 0.385. The van der Waals surface area contributed by atoms with Crippen molar-refractivity contribution < 1.29 is 28.9 Å². The first-order valence-electron chi connectivity index (χ1n) is 5.98. The summed E-state index contributed by atoms with van der Waals surface area (Å²) in [5.74, 6) is -1.50. The fourth-order valence-corrected chi connectivity index (χ4v) is 1.39. The van der Waals surface area contributed by atoms with Gasteiger partial charge >= 0.3 is 12.1 Å². The Morgan fingerprint density at radius 2 is 1.95 bits per heavy atom.